The van der Waals surface area contributed by atoms with Gasteiger partial charge in [-0.05, 0) is 57.0 Å². The first-order valence-electron chi connectivity index (χ1n) is 9.49. The number of benzene rings is 1. The number of aliphatic imine (C=N–C) groups is 1. The van der Waals surface area contributed by atoms with Crippen molar-refractivity contribution in [2.45, 2.75) is 39.7 Å². The zero-order valence-electron chi connectivity index (χ0n) is 16.8. The van der Waals surface area contributed by atoms with E-state index in [0.717, 1.165) is 36.9 Å². The molecule has 1 aromatic heterocycles. The highest BCUT2D eigenvalue weighted by Gasteiger charge is 2.04. The molecule has 152 valence electrons. The van der Waals surface area contributed by atoms with Crippen LogP contribution in [-0.2, 0) is 11.3 Å². The maximum Gasteiger partial charge on any atom is 0.224 e. The SMILES string of the molecule is CN=C(NCCCC(=O)Nc1ccc(Cl)cc1)NCCCn1nc(C)cc1C. The minimum atomic E-state index is -0.0167. The van der Waals surface area contributed by atoms with Crippen molar-refractivity contribution >= 4 is 29.2 Å². The number of anilines is 1. The number of amides is 1. The van der Waals surface area contributed by atoms with Gasteiger partial charge in [0.2, 0.25) is 5.91 Å². The number of nitrogens with zero attached hydrogens (tertiary/aromatic N) is 3. The highest BCUT2D eigenvalue weighted by atomic mass is 35.5. The molecule has 2 rings (SSSR count). The lowest BCUT2D eigenvalue weighted by atomic mass is 10.2. The van der Waals surface area contributed by atoms with Crippen LogP contribution in [0.15, 0.2) is 35.3 Å². The Labute approximate surface area is 171 Å². The molecule has 0 fully saturated rings. The van der Waals surface area contributed by atoms with E-state index in [0.29, 0.717) is 24.4 Å². The Morgan fingerprint density at radius 2 is 1.82 bits per heavy atom. The number of aromatic nitrogens is 2. The Kier molecular flexibility index (Phi) is 8.81. The number of hydrogen-bond acceptors (Lipinski definition) is 3. The number of carbonyl (C=O) groups excluding carboxylic acids is 1. The monoisotopic (exact) mass is 404 g/mol. The van der Waals surface area contributed by atoms with Gasteiger partial charge >= 0.3 is 0 Å². The molecule has 0 bridgehead atoms. The summed E-state index contributed by atoms with van der Waals surface area (Å²) < 4.78 is 2.02. The molecule has 1 amide bonds. The largest absolute Gasteiger partial charge is 0.356 e. The second-order valence-electron chi connectivity index (χ2n) is 6.59. The van der Waals surface area contributed by atoms with Crippen LogP contribution in [0.5, 0.6) is 0 Å². The highest BCUT2D eigenvalue weighted by molar-refractivity contribution is 6.30. The summed E-state index contributed by atoms with van der Waals surface area (Å²) in [6.07, 6.45) is 2.10. The van der Waals surface area contributed by atoms with E-state index >= 15 is 0 Å². The lowest BCUT2D eigenvalue weighted by Crippen LogP contribution is -2.38. The Morgan fingerprint density at radius 1 is 1.14 bits per heavy atom. The average Bonchev–Trinajstić information content (AvgIpc) is 2.99. The van der Waals surface area contributed by atoms with Crippen molar-refractivity contribution in [1.29, 1.82) is 0 Å². The Bertz CT molecular complexity index is 784. The van der Waals surface area contributed by atoms with Gasteiger partial charge < -0.3 is 16.0 Å². The van der Waals surface area contributed by atoms with Crippen molar-refractivity contribution in [1.82, 2.24) is 20.4 Å². The molecule has 0 saturated carbocycles. The fourth-order valence-corrected chi connectivity index (χ4v) is 2.90. The maximum atomic E-state index is 12.0. The molecule has 0 aliphatic rings. The van der Waals surface area contributed by atoms with Crippen LogP contribution in [0.2, 0.25) is 5.02 Å². The molecular weight excluding hydrogens is 376 g/mol. The summed E-state index contributed by atoms with van der Waals surface area (Å²) in [6.45, 7) is 6.41. The van der Waals surface area contributed by atoms with Gasteiger partial charge in [-0.15, -0.1) is 0 Å². The van der Waals surface area contributed by atoms with E-state index in [1.807, 2.05) is 11.6 Å². The molecule has 0 radical (unpaired) electrons. The summed E-state index contributed by atoms with van der Waals surface area (Å²) >= 11 is 5.84. The van der Waals surface area contributed by atoms with Gasteiger partial charge in [-0.1, -0.05) is 11.6 Å². The van der Waals surface area contributed by atoms with E-state index in [1.165, 1.54) is 5.69 Å². The Morgan fingerprint density at radius 3 is 2.43 bits per heavy atom. The van der Waals surface area contributed by atoms with E-state index in [9.17, 15) is 4.79 Å². The molecule has 2 aromatic rings. The minimum absolute atomic E-state index is 0.0167. The molecule has 0 unspecified atom stereocenters. The van der Waals surface area contributed by atoms with E-state index in [-0.39, 0.29) is 5.91 Å². The third kappa shape index (κ3) is 7.60. The fraction of sp³-hybridized carbons (Fsp3) is 0.450. The van der Waals surface area contributed by atoms with Crippen molar-refractivity contribution in [3.8, 4) is 0 Å². The van der Waals surface area contributed by atoms with Crippen LogP contribution in [0, 0.1) is 13.8 Å². The smallest absolute Gasteiger partial charge is 0.224 e. The zero-order chi connectivity index (χ0) is 20.4. The molecule has 28 heavy (non-hydrogen) atoms. The van der Waals surface area contributed by atoms with Gasteiger partial charge in [0.1, 0.15) is 0 Å². The predicted molar refractivity (Wildman–Crippen MR) is 115 cm³/mol. The van der Waals surface area contributed by atoms with Crippen LogP contribution in [0.25, 0.3) is 0 Å². The number of rotatable bonds is 9. The van der Waals surface area contributed by atoms with E-state index in [4.69, 9.17) is 11.6 Å². The van der Waals surface area contributed by atoms with Crippen molar-refractivity contribution < 1.29 is 4.79 Å². The number of hydrogen-bond donors (Lipinski definition) is 3. The molecule has 0 saturated heterocycles. The Hall–Kier alpha value is -2.54. The summed E-state index contributed by atoms with van der Waals surface area (Å²) in [5, 5.41) is 14.5. The number of halogens is 1. The topological polar surface area (TPSA) is 83.3 Å². The number of nitrogens with one attached hydrogen (secondary N) is 3. The first kappa shape index (κ1) is 21.8. The number of carbonyl (C=O) groups is 1. The van der Waals surface area contributed by atoms with Gasteiger partial charge in [-0.25, -0.2) is 0 Å². The van der Waals surface area contributed by atoms with Crippen LogP contribution >= 0.6 is 11.6 Å². The van der Waals surface area contributed by atoms with Gasteiger partial charge in [-0.2, -0.15) is 5.10 Å². The van der Waals surface area contributed by atoms with Crippen LogP contribution in [0.1, 0.15) is 30.7 Å². The van der Waals surface area contributed by atoms with Crippen LogP contribution < -0.4 is 16.0 Å². The Balaban J connectivity index is 1.58. The first-order chi connectivity index (χ1) is 13.5. The first-order valence-corrected chi connectivity index (χ1v) is 9.86. The van der Waals surface area contributed by atoms with Crippen molar-refractivity contribution in [3.05, 3.63) is 46.7 Å². The van der Waals surface area contributed by atoms with E-state index in [2.05, 4.69) is 39.0 Å². The molecule has 0 aliphatic carbocycles. The second-order valence-corrected chi connectivity index (χ2v) is 7.02. The zero-order valence-corrected chi connectivity index (χ0v) is 17.5. The molecular formula is C20H29ClN6O. The number of aryl methyl sites for hydroxylation is 3. The normalized spacial score (nSPS) is 11.4. The molecule has 3 N–H and O–H groups in total. The summed E-state index contributed by atoms with van der Waals surface area (Å²) in [7, 11) is 1.74. The summed E-state index contributed by atoms with van der Waals surface area (Å²) in [4.78, 5) is 16.2. The lowest BCUT2D eigenvalue weighted by Gasteiger charge is -2.12. The van der Waals surface area contributed by atoms with E-state index in [1.54, 1.807) is 31.3 Å². The molecule has 1 aromatic carbocycles. The fourth-order valence-electron chi connectivity index (χ4n) is 2.77. The van der Waals surface area contributed by atoms with Gasteiger partial charge in [0.15, 0.2) is 5.96 Å². The summed E-state index contributed by atoms with van der Waals surface area (Å²) in [6, 6.07) is 9.16. The average molecular weight is 405 g/mol. The second kappa shape index (κ2) is 11.3. The molecule has 8 heteroatoms. The standard InChI is InChI=1S/C20H29ClN6O/c1-15-14-16(2)27(26-15)13-5-12-24-20(22-3)23-11-4-6-19(28)25-18-9-7-17(21)8-10-18/h7-10,14H,4-6,11-13H2,1-3H3,(H,25,28)(H2,22,23,24). The number of guanidine groups is 1. The summed E-state index contributed by atoms with van der Waals surface area (Å²) in [5.41, 5.74) is 2.97. The van der Waals surface area contributed by atoms with Crippen LogP contribution in [0.3, 0.4) is 0 Å². The van der Waals surface area contributed by atoms with Gasteiger partial charge in [-0.3, -0.25) is 14.5 Å². The van der Waals surface area contributed by atoms with Gasteiger partial charge in [0.05, 0.1) is 5.69 Å². The molecule has 7 nitrogen and oxygen atoms in total. The molecule has 0 aliphatic heterocycles. The third-order valence-electron chi connectivity index (χ3n) is 4.17. The van der Waals surface area contributed by atoms with Crippen LogP contribution in [0.4, 0.5) is 5.69 Å². The molecule has 1 heterocycles. The van der Waals surface area contributed by atoms with Crippen LogP contribution in [-0.4, -0.2) is 41.8 Å². The van der Waals surface area contributed by atoms with Crippen molar-refractivity contribution in [2.24, 2.45) is 4.99 Å². The van der Waals surface area contributed by atoms with E-state index < -0.39 is 0 Å². The summed E-state index contributed by atoms with van der Waals surface area (Å²) in [5.74, 6) is 0.725. The lowest BCUT2D eigenvalue weighted by molar-refractivity contribution is -0.116. The van der Waals surface area contributed by atoms with Gasteiger partial charge in [0, 0.05) is 49.5 Å². The van der Waals surface area contributed by atoms with Gasteiger partial charge in [0.25, 0.3) is 0 Å². The van der Waals surface area contributed by atoms with Crippen molar-refractivity contribution in [3.63, 3.8) is 0 Å². The highest BCUT2D eigenvalue weighted by Crippen LogP contribution is 2.13. The third-order valence-corrected chi connectivity index (χ3v) is 4.42. The maximum absolute atomic E-state index is 12.0. The minimum Gasteiger partial charge on any atom is -0.356 e. The molecule has 0 spiro atoms. The predicted octanol–water partition coefficient (Wildman–Crippen LogP) is 3.13. The quantitative estimate of drug-likeness (QED) is 0.340. The van der Waals surface area contributed by atoms with Crippen molar-refractivity contribution in [2.75, 3.05) is 25.5 Å². The molecule has 0 atom stereocenters.